The Morgan fingerprint density at radius 3 is 2.83 bits per heavy atom. The van der Waals surface area contributed by atoms with E-state index in [0.29, 0.717) is 22.9 Å². The van der Waals surface area contributed by atoms with Crippen LogP contribution in [0, 0.1) is 5.82 Å². The lowest BCUT2D eigenvalue weighted by Crippen LogP contribution is -2.39. The molecular formula is C16H16FN3O3. The summed E-state index contributed by atoms with van der Waals surface area (Å²) in [6.45, 7) is 0.000891. The highest BCUT2D eigenvalue weighted by Gasteiger charge is 2.30. The zero-order valence-corrected chi connectivity index (χ0v) is 12.7. The number of halogens is 1. The van der Waals surface area contributed by atoms with Crippen LogP contribution in [-0.4, -0.2) is 26.8 Å². The number of rotatable bonds is 3. The van der Waals surface area contributed by atoms with Gasteiger partial charge in [0.1, 0.15) is 17.3 Å². The van der Waals surface area contributed by atoms with Crippen molar-refractivity contribution in [3.05, 3.63) is 41.7 Å². The van der Waals surface area contributed by atoms with Gasteiger partial charge in [-0.1, -0.05) is 0 Å². The molecule has 1 amide bonds. The summed E-state index contributed by atoms with van der Waals surface area (Å²) in [5, 5.41) is 2.71. The van der Waals surface area contributed by atoms with E-state index >= 15 is 0 Å². The van der Waals surface area contributed by atoms with E-state index in [1.807, 2.05) is 0 Å². The highest BCUT2D eigenvalue weighted by atomic mass is 19.1. The maximum absolute atomic E-state index is 13.9. The Hall–Kier alpha value is -2.96. The first-order valence-electron chi connectivity index (χ1n) is 6.94. The minimum absolute atomic E-state index is 0.000891. The number of methoxy groups -OCH3 is 1. The number of amides is 1. The zero-order valence-electron chi connectivity index (χ0n) is 12.7. The van der Waals surface area contributed by atoms with Gasteiger partial charge in [-0.25, -0.2) is 4.39 Å². The number of nitrogens with one attached hydrogen (secondary N) is 1. The molecule has 6 nitrogen and oxygen atoms in total. The van der Waals surface area contributed by atoms with E-state index in [4.69, 9.17) is 15.2 Å². The molecule has 0 bridgehead atoms. The number of carbonyl (C=O) groups excluding carboxylic acids is 1. The molecule has 3 N–H and O–H groups in total. The lowest BCUT2D eigenvalue weighted by atomic mass is 10.1. The van der Waals surface area contributed by atoms with Crippen LogP contribution in [0.2, 0.25) is 0 Å². The van der Waals surface area contributed by atoms with Crippen molar-refractivity contribution in [3.63, 3.8) is 0 Å². The van der Waals surface area contributed by atoms with Crippen molar-refractivity contribution in [1.82, 2.24) is 0 Å². The fourth-order valence-electron chi connectivity index (χ4n) is 2.47. The van der Waals surface area contributed by atoms with Gasteiger partial charge in [0.25, 0.3) is 5.91 Å². The number of nitrogens with zero attached hydrogens (tertiary/aromatic N) is 1. The molecule has 7 heteroatoms. The summed E-state index contributed by atoms with van der Waals surface area (Å²) in [5.41, 5.74) is 7.18. The SMILES string of the molecule is CNc1cc2c(cc1F)C(=O)N(c1ccc(N)cc1OC)CO2. The van der Waals surface area contributed by atoms with Crippen LogP contribution in [0.1, 0.15) is 10.4 Å². The average Bonchev–Trinajstić information content (AvgIpc) is 2.55. The lowest BCUT2D eigenvalue weighted by Gasteiger charge is -2.30. The summed E-state index contributed by atoms with van der Waals surface area (Å²) >= 11 is 0. The molecule has 1 aliphatic rings. The normalized spacial score (nSPS) is 13.3. The molecule has 0 aromatic heterocycles. The van der Waals surface area contributed by atoms with Crippen molar-refractivity contribution >= 4 is 23.0 Å². The zero-order chi connectivity index (χ0) is 16.6. The fraction of sp³-hybridized carbons (Fsp3) is 0.188. The Balaban J connectivity index is 2.03. The summed E-state index contributed by atoms with van der Waals surface area (Å²) in [4.78, 5) is 14.1. The van der Waals surface area contributed by atoms with Crippen LogP contribution >= 0.6 is 0 Å². The van der Waals surface area contributed by atoms with Gasteiger partial charge in [-0.15, -0.1) is 0 Å². The van der Waals surface area contributed by atoms with Crippen LogP contribution < -0.4 is 25.4 Å². The third kappa shape index (κ3) is 2.50. The van der Waals surface area contributed by atoms with Crippen LogP contribution in [0.25, 0.3) is 0 Å². The van der Waals surface area contributed by atoms with E-state index in [0.717, 1.165) is 0 Å². The summed E-state index contributed by atoms with van der Waals surface area (Å²) in [6.07, 6.45) is 0. The number of ether oxygens (including phenoxy) is 2. The van der Waals surface area contributed by atoms with Crippen molar-refractivity contribution < 1.29 is 18.7 Å². The van der Waals surface area contributed by atoms with Crippen LogP contribution in [-0.2, 0) is 0 Å². The summed E-state index contributed by atoms with van der Waals surface area (Å²) in [7, 11) is 3.08. The van der Waals surface area contributed by atoms with Gasteiger partial charge < -0.3 is 20.5 Å². The molecule has 120 valence electrons. The summed E-state index contributed by atoms with van der Waals surface area (Å²) in [5.74, 6) is -0.102. The molecule has 0 fully saturated rings. The number of benzene rings is 2. The summed E-state index contributed by atoms with van der Waals surface area (Å²) in [6, 6.07) is 7.58. The van der Waals surface area contributed by atoms with E-state index in [-0.39, 0.29) is 23.9 Å². The molecule has 1 aliphatic heterocycles. The minimum atomic E-state index is -0.519. The van der Waals surface area contributed by atoms with Crippen molar-refractivity contribution in [1.29, 1.82) is 0 Å². The molecule has 0 radical (unpaired) electrons. The Morgan fingerprint density at radius 2 is 2.13 bits per heavy atom. The number of fused-ring (bicyclic) bond motifs is 1. The summed E-state index contributed by atoms with van der Waals surface area (Å²) < 4.78 is 24.8. The largest absolute Gasteiger partial charge is 0.494 e. The van der Waals surface area contributed by atoms with Gasteiger partial charge in [0.15, 0.2) is 6.73 Å². The molecule has 0 atom stereocenters. The smallest absolute Gasteiger partial charge is 0.265 e. The third-order valence-corrected chi connectivity index (χ3v) is 3.66. The third-order valence-electron chi connectivity index (χ3n) is 3.66. The van der Waals surface area contributed by atoms with Crippen molar-refractivity contribution in [3.8, 4) is 11.5 Å². The Morgan fingerprint density at radius 1 is 1.35 bits per heavy atom. The van der Waals surface area contributed by atoms with E-state index in [1.165, 1.54) is 24.1 Å². The van der Waals surface area contributed by atoms with Crippen molar-refractivity contribution in [2.45, 2.75) is 0 Å². The van der Waals surface area contributed by atoms with Gasteiger partial charge >= 0.3 is 0 Å². The van der Waals surface area contributed by atoms with Crippen LogP contribution in [0.4, 0.5) is 21.5 Å². The Kier molecular flexibility index (Phi) is 3.69. The molecule has 0 aliphatic carbocycles. The maximum atomic E-state index is 13.9. The number of anilines is 3. The first kappa shape index (κ1) is 15.0. The maximum Gasteiger partial charge on any atom is 0.265 e. The van der Waals surface area contributed by atoms with Gasteiger partial charge in [0, 0.05) is 24.9 Å². The lowest BCUT2D eigenvalue weighted by molar-refractivity contribution is 0.0935. The highest BCUT2D eigenvalue weighted by molar-refractivity contribution is 6.09. The standard InChI is InChI=1S/C16H16FN3O3/c1-19-12-7-14-10(6-11(12)17)16(21)20(8-23-14)13-4-3-9(18)5-15(13)22-2/h3-7,19H,8,18H2,1-2H3. The van der Waals surface area contributed by atoms with Gasteiger partial charge in [-0.2, -0.15) is 0 Å². The predicted octanol–water partition coefficient (Wildman–Crippen LogP) is 2.45. The van der Waals surface area contributed by atoms with Gasteiger partial charge in [0.05, 0.1) is 24.0 Å². The molecule has 2 aromatic rings. The number of hydrogen-bond acceptors (Lipinski definition) is 5. The molecular weight excluding hydrogens is 301 g/mol. The monoisotopic (exact) mass is 317 g/mol. The van der Waals surface area contributed by atoms with E-state index in [2.05, 4.69) is 5.32 Å². The molecule has 1 heterocycles. The molecule has 0 saturated heterocycles. The molecule has 2 aromatic carbocycles. The quantitative estimate of drug-likeness (QED) is 0.850. The van der Waals surface area contributed by atoms with Crippen LogP contribution in [0.3, 0.4) is 0 Å². The van der Waals surface area contributed by atoms with Gasteiger partial charge in [0.2, 0.25) is 0 Å². The predicted molar refractivity (Wildman–Crippen MR) is 85.7 cm³/mol. The topological polar surface area (TPSA) is 76.8 Å². The fourth-order valence-corrected chi connectivity index (χ4v) is 2.47. The second kappa shape index (κ2) is 5.68. The number of hydrogen-bond donors (Lipinski definition) is 2. The first-order chi connectivity index (χ1) is 11.0. The van der Waals surface area contributed by atoms with Gasteiger partial charge in [-0.05, 0) is 18.2 Å². The van der Waals surface area contributed by atoms with Crippen molar-refractivity contribution in [2.24, 2.45) is 0 Å². The molecule has 0 saturated carbocycles. The number of nitrogens with two attached hydrogens (primary N) is 1. The first-order valence-corrected chi connectivity index (χ1v) is 6.94. The minimum Gasteiger partial charge on any atom is -0.494 e. The van der Waals surface area contributed by atoms with Crippen LogP contribution in [0.5, 0.6) is 11.5 Å². The van der Waals surface area contributed by atoms with Crippen molar-refractivity contribution in [2.75, 3.05) is 36.8 Å². The van der Waals surface area contributed by atoms with Crippen LogP contribution in [0.15, 0.2) is 30.3 Å². The van der Waals surface area contributed by atoms with E-state index in [1.54, 1.807) is 25.2 Å². The average molecular weight is 317 g/mol. The second-order valence-corrected chi connectivity index (χ2v) is 5.02. The number of carbonyl (C=O) groups is 1. The Bertz CT molecular complexity index is 779. The number of nitrogen functional groups attached to an aromatic ring is 1. The molecule has 23 heavy (non-hydrogen) atoms. The highest BCUT2D eigenvalue weighted by Crippen LogP contribution is 2.36. The molecule has 0 spiro atoms. The Labute approximate surface area is 132 Å². The molecule has 0 unspecified atom stereocenters. The molecule has 3 rings (SSSR count). The van der Waals surface area contributed by atoms with Gasteiger partial charge in [-0.3, -0.25) is 9.69 Å². The second-order valence-electron chi connectivity index (χ2n) is 5.02. The van der Waals surface area contributed by atoms with E-state index in [9.17, 15) is 9.18 Å². The van der Waals surface area contributed by atoms with E-state index < -0.39 is 5.82 Å².